The van der Waals surface area contributed by atoms with Crippen LogP contribution in [0.15, 0.2) is 102 Å². The van der Waals surface area contributed by atoms with Gasteiger partial charge in [0.25, 0.3) is 5.91 Å². The number of hydrogen-bond donors (Lipinski definition) is 0. The number of benzene rings is 4. The van der Waals surface area contributed by atoms with Gasteiger partial charge in [0.1, 0.15) is 11.5 Å². The third-order valence-electron chi connectivity index (χ3n) is 6.93. The number of fused-ring (bicyclic) bond motifs is 3. The van der Waals surface area contributed by atoms with E-state index in [1.165, 1.54) is 5.52 Å². The number of carbonyl (C=O) groups excluding carboxylic acids is 1. The lowest BCUT2D eigenvalue weighted by Crippen LogP contribution is -2.32. The van der Waals surface area contributed by atoms with Crippen molar-refractivity contribution in [3.05, 3.63) is 108 Å². The molecule has 0 bridgehead atoms. The zero-order valence-electron chi connectivity index (χ0n) is 21.5. The third kappa shape index (κ3) is 3.82. The van der Waals surface area contributed by atoms with E-state index in [-0.39, 0.29) is 5.91 Å². The first-order valence-corrected chi connectivity index (χ1v) is 12.6. The summed E-state index contributed by atoms with van der Waals surface area (Å²) in [7, 11) is 3.19. The normalized spacial score (nSPS) is 14.5. The molecule has 5 aromatic rings. The Morgan fingerprint density at radius 3 is 2.29 bits per heavy atom. The molecule has 6 heteroatoms. The van der Waals surface area contributed by atoms with Crippen molar-refractivity contribution < 1.29 is 14.3 Å². The lowest BCUT2D eigenvalue weighted by molar-refractivity contribution is -0.113. The van der Waals surface area contributed by atoms with E-state index >= 15 is 0 Å². The molecule has 1 aliphatic rings. The van der Waals surface area contributed by atoms with Crippen molar-refractivity contribution in [3.63, 3.8) is 0 Å². The zero-order chi connectivity index (χ0) is 26.2. The Kier molecular flexibility index (Phi) is 5.92. The van der Waals surface area contributed by atoms with Crippen LogP contribution in [0, 0.1) is 0 Å². The summed E-state index contributed by atoms with van der Waals surface area (Å²) in [5.41, 5.74) is 5.12. The Labute approximate surface area is 221 Å². The molecule has 1 aromatic heterocycles. The number of anilines is 1. The van der Waals surface area contributed by atoms with E-state index in [2.05, 4.69) is 47.9 Å². The second-order valence-corrected chi connectivity index (χ2v) is 9.05. The molecular formula is C32H27N3O3. The van der Waals surface area contributed by atoms with Crippen molar-refractivity contribution in [2.75, 3.05) is 19.1 Å². The molecule has 0 unspecified atom stereocenters. The number of amides is 1. The Bertz CT molecular complexity index is 1750. The van der Waals surface area contributed by atoms with Crippen LogP contribution < -0.4 is 14.4 Å². The molecule has 6 nitrogen and oxygen atoms in total. The van der Waals surface area contributed by atoms with Crippen LogP contribution in [-0.2, 0) is 11.3 Å². The molecule has 0 spiro atoms. The molecule has 2 heterocycles. The number of carbonyl (C=O) groups is 1. The highest BCUT2D eigenvalue weighted by Crippen LogP contribution is 2.35. The fourth-order valence-electron chi connectivity index (χ4n) is 5.16. The lowest BCUT2D eigenvalue weighted by Gasteiger charge is -2.19. The van der Waals surface area contributed by atoms with E-state index < -0.39 is 0 Å². The first kappa shape index (κ1) is 23.6. The van der Waals surface area contributed by atoms with Gasteiger partial charge in [0.05, 0.1) is 19.9 Å². The summed E-state index contributed by atoms with van der Waals surface area (Å²) in [6.07, 6.45) is 1.79. The van der Waals surface area contributed by atoms with Crippen LogP contribution in [0.3, 0.4) is 0 Å². The van der Waals surface area contributed by atoms with E-state index in [1.807, 2.05) is 54.6 Å². The monoisotopic (exact) mass is 501 g/mol. The molecule has 1 amide bonds. The van der Waals surface area contributed by atoms with Crippen molar-refractivity contribution in [2.45, 2.75) is 13.5 Å². The molecule has 6 rings (SSSR count). The first-order chi connectivity index (χ1) is 18.6. The van der Waals surface area contributed by atoms with Crippen LogP contribution in [0.25, 0.3) is 27.9 Å². The molecule has 0 radical (unpaired) electrons. The van der Waals surface area contributed by atoms with E-state index in [1.54, 1.807) is 25.2 Å². The number of nitrogens with zero attached hydrogens (tertiary/aromatic N) is 3. The summed E-state index contributed by atoms with van der Waals surface area (Å²) in [5.74, 6) is 1.63. The average Bonchev–Trinajstić information content (AvgIpc) is 3.47. The standard InChI is InChI=1S/C32H27N3O3/c1-4-34-27-13-9-8-12-24(27)25-20-23(15-16-28(25)34)35-31(22-10-6-5-7-11-22)33-26(32(35)36)18-21-14-17-29(37-2)30(19-21)38-3/h5-20H,4H2,1-3H3/b26-18+. The van der Waals surface area contributed by atoms with Crippen LogP contribution in [0.5, 0.6) is 11.5 Å². The predicted octanol–water partition coefficient (Wildman–Crippen LogP) is 6.67. The van der Waals surface area contributed by atoms with Gasteiger partial charge in [0, 0.05) is 33.9 Å². The Morgan fingerprint density at radius 2 is 1.53 bits per heavy atom. The quantitative estimate of drug-likeness (QED) is 0.244. The maximum absolute atomic E-state index is 13.9. The van der Waals surface area contributed by atoms with E-state index in [9.17, 15) is 4.79 Å². The number of aryl methyl sites for hydroxylation is 1. The summed E-state index contributed by atoms with van der Waals surface area (Å²) in [6, 6.07) is 29.9. The molecule has 4 aromatic carbocycles. The van der Waals surface area contributed by atoms with E-state index in [0.29, 0.717) is 23.0 Å². The van der Waals surface area contributed by atoms with E-state index in [0.717, 1.165) is 39.6 Å². The van der Waals surface area contributed by atoms with Crippen LogP contribution >= 0.6 is 0 Å². The second kappa shape index (κ2) is 9.56. The van der Waals surface area contributed by atoms with Gasteiger partial charge in [-0.05, 0) is 55.0 Å². The highest BCUT2D eigenvalue weighted by Gasteiger charge is 2.33. The number of amidine groups is 1. The van der Waals surface area contributed by atoms with Crippen LogP contribution in [0.4, 0.5) is 5.69 Å². The predicted molar refractivity (Wildman–Crippen MR) is 153 cm³/mol. The fourth-order valence-corrected chi connectivity index (χ4v) is 5.16. The number of ether oxygens (including phenoxy) is 2. The number of para-hydroxylation sites is 1. The number of aromatic nitrogens is 1. The Balaban J connectivity index is 1.50. The van der Waals surface area contributed by atoms with Crippen molar-refractivity contribution in [3.8, 4) is 11.5 Å². The Hall–Kier alpha value is -4.84. The summed E-state index contributed by atoms with van der Waals surface area (Å²) in [5, 5.41) is 2.27. The maximum Gasteiger partial charge on any atom is 0.282 e. The van der Waals surface area contributed by atoms with E-state index in [4.69, 9.17) is 14.5 Å². The van der Waals surface area contributed by atoms with Crippen molar-refractivity contribution in [2.24, 2.45) is 4.99 Å². The molecule has 0 N–H and O–H groups in total. The maximum atomic E-state index is 13.9. The fraction of sp³-hybridized carbons (Fsp3) is 0.125. The van der Waals surface area contributed by atoms with Crippen LogP contribution in [0.1, 0.15) is 18.1 Å². The SMILES string of the molecule is CCn1c2ccccc2c2cc(N3C(=O)/C(=C\c4ccc(OC)c(OC)c4)N=C3c3ccccc3)ccc21. The molecule has 0 atom stereocenters. The highest BCUT2D eigenvalue weighted by molar-refractivity contribution is 6.33. The molecule has 0 saturated heterocycles. The van der Waals surface area contributed by atoms with Crippen molar-refractivity contribution in [1.29, 1.82) is 0 Å². The van der Waals surface area contributed by atoms with Gasteiger partial charge in [-0.3, -0.25) is 9.69 Å². The van der Waals surface area contributed by atoms with Gasteiger partial charge in [-0.2, -0.15) is 0 Å². The second-order valence-electron chi connectivity index (χ2n) is 9.05. The van der Waals surface area contributed by atoms with Gasteiger partial charge in [0.15, 0.2) is 11.5 Å². The highest BCUT2D eigenvalue weighted by atomic mass is 16.5. The summed E-state index contributed by atoms with van der Waals surface area (Å²) >= 11 is 0. The molecular weight excluding hydrogens is 474 g/mol. The van der Waals surface area contributed by atoms with Crippen LogP contribution in [-0.4, -0.2) is 30.5 Å². The molecule has 0 saturated carbocycles. The third-order valence-corrected chi connectivity index (χ3v) is 6.93. The van der Waals surface area contributed by atoms with Crippen molar-refractivity contribution >= 4 is 45.3 Å². The Morgan fingerprint density at radius 1 is 0.789 bits per heavy atom. The lowest BCUT2D eigenvalue weighted by atomic mass is 10.1. The largest absolute Gasteiger partial charge is 0.493 e. The summed E-state index contributed by atoms with van der Waals surface area (Å²) < 4.78 is 13.1. The minimum atomic E-state index is -0.183. The molecule has 1 aliphatic heterocycles. The van der Waals surface area contributed by atoms with Gasteiger partial charge >= 0.3 is 0 Å². The molecule has 0 fully saturated rings. The van der Waals surface area contributed by atoms with Gasteiger partial charge in [-0.15, -0.1) is 0 Å². The average molecular weight is 502 g/mol. The van der Waals surface area contributed by atoms with Gasteiger partial charge in [0.2, 0.25) is 0 Å². The minimum absolute atomic E-state index is 0.183. The topological polar surface area (TPSA) is 56.1 Å². The molecule has 0 aliphatic carbocycles. The van der Waals surface area contributed by atoms with Gasteiger partial charge < -0.3 is 14.0 Å². The summed E-state index contributed by atoms with van der Waals surface area (Å²) in [4.78, 5) is 20.5. The van der Waals surface area contributed by atoms with Crippen LogP contribution in [0.2, 0.25) is 0 Å². The number of hydrogen-bond acceptors (Lipinski definition) is 4. The van der Waals surface area contributed by atoms with Crippen molar-refractivity contribution in [1.82, 2.24) is 4.57 Å². The minimum Gasteiger partial charge on any atom is -0.493 e. The number of rotatable bonds is 6. The van der Waals surface area contributed by atoms with Gasteiger partial charge in [-0.25, -0.2) is 4.99 Å². The number of aliphatic imine (C=N–C) groups is 1. The smallest absolute Gasteiger partial charge is 0.282 e. The number of methoxy groups -OCH3 is 2. The first-order valence-electron chi connectivity index (χ1n) is 12.6. The molecule has 38 heavy (non-hydrogen) atoms. The summed E-state index contributed by atoms with van der Waals surface area (Å²) in [6.45, 7) is 3.01. The molecule has 188 valence electrons. The van der Waals surface area contributed by atoms with Gasteiger partial charge in [-0.1, -0.05) is 54.6 Å². The zero-order valence-corrected chi connectivity index (χ0v) is 21.5.